The fraction of sp³-hybridized carbons (Fsp3) is 0.200. The Balaban J connectivity index is 1.75. The number of imidazole rings is 1. The first-order valence-corrected chi connectivity index (χ1v) is 8.93. The van der Waals surface area contributed by atoms with Gasteiger partial charge in [0.25, 0.3) is 5.56 Å². The average molecular weight is 377 g/mol. The lowest BCUT2D eigenvalue weighted by Gasteiger charge is -2.23. The number of benzene rings is 2. The Hall–Kier alpha value is -3.68. The number of H-pyrrole nitrogens is 1. The minimum Gasteiger partial charge on any atom is -0.315 e. The van der Waals surface area contributed by atoms with Crippen LogP contribution in [0.5, 0.6) is 0 Å². The maximum atomic E-state index is 13.1. The monoisotopic (exact) mass is 377 g/mol. The number of carbonyl (C=O) groups is 1. The number of amides is 1. The van der Waals surface area contributed by atoms with Crippen molar-refractivity contribution in [3.05, 3.63) is 69.6 Å². The molecule has 0 aliphatic rings. The summed E-state index contributed by atoms with van der Waals surface area (Å²) in [5.74, 6) is -0.175. The lowest BCUT2D eigenvalue weighted by Crippen LogP contribution is -2.36. The molecule has 2 heterocycles. The number of hydrogen-bond acceptors (Lipinski definition) is 4. The van der Waals surface area contributed by atoms with Crippen LogP contribution in [0.4, 0.5) is 5.69 Å². The van der Waals surface area contributed by atoms with Crippen LogP contribution < -0.4 is 16.1 Å². The summed E-state index contributed by atoms with van der Waals surface area (Å²) >= 11 is 0. The summed E-state index contributed by atoms with van der Waals surface area (Å²) in [6.07, 6.45) is 1.40. The van der Waals surface area contributed by atoms with E-state index in [0.717, 1.165) is 21.0 Å². The highest BCUT2D eigenvalue weighted by molar-refractivity contribution is 6.03. The highest BCUT2D eigenvalue weighted by Crippen LogP contribution is 2.27. The Bertz CT molecular complexity index is 1310. The average Bonchev–Trinajstić information content (AvgIpc) is 3.09. The van der Waals surface area contributed by atoms with Gasteiger partial charge in [0.15, 0.2) is 11.2 Å². The van der Waals surface area contributed by atoms with Crippen molar-refractivity contribution in [2.75, 3.05) is 11.4 Å². The van der Waals surface area contributed by atoms with Gasteiger partial charge in [0.2, 0.25) is 5.91 Å². The summed E-state index contributed by atoms with van der Waals surface area (Å²) in [5.41, 5.74) is 0.159. The molecule has 0 atom stereocenters. The van der Waals surface area contributed by atoms with Crippen molar-refractivity contribution in [3.8, 4) is 0 Å². The van der Waals surface area contributed by atoms with Gasteiger partial charge in [-0.05, 0) is 18.4 Å². The third-order valence-electron chi connectivity index (χ3n) is 4.86. The fourth-order valence-electron chi connectivity index (χ4n) is 3.41. The van der Waals surface area contributed by atoms with E-state index in [9.17, 15) is 14.4 Å². The number of aromatic amines is 1. The van der Waals surface area contributed by atoms with Gasteiger partial charge in [0.05, 0.1) is 12.0 Å². The molecule has 1 N–H and O–H groups in total. The quantitative estimate of drug-likeness (QED) is 0.585. The topological polar surface area (TPSA) is 93.0 Å². The third kappa shape index (κ3) is 2.79. The Morgan fingerprint density at radius 1 is 1.14 bits per heavy atom. The Labute approximate surface area is 159 Å². The fourth-order valence-corrected chi connectivity index (χ4v) is 3.41. The van der Waals surface area contributed by atoms with Gasteiger partial charge in [0.1, 0.15) is 6.54 Å². The Morgan fingerprint density at radius 2 is 1.89 bits per heavy atom. The molecule has 28 heavy (non-hydrogen) atoms. The van der Waals surface area contributed by atoms with Crippen LogP contribution in [0.2, 0.25) is 0 Å². The molecule has 142 valence electrons. The van der Waals surface area contributed by atoms with Crippen LogP contribution in [0.1, 0.15) is 6.92 Å². The molecule has 2 aromatic carbocycles. The minimum absolute atomic E-state index is 0.0607. The van der Waals surface area contributed by atoms with E-state index in [0.29, 0.717) is 6.54 Å². The number of likely N-dealkylation sites (N-methyl/N-ethyl adjacent to an activating group) is 1. The Kier molecular flexibility index (Phi) is 4.31. The van der Waals surface area contributed by atoms with Gasteiger partial charge in [-0.1, -0.05) is 36.4 Å². The van der Waals surface area contributed by atoms with Crippen LogP contribution in [0, 0.1) is 0 Å². The molecular formula is C20H19N5O3. The highest BCUT2D eigenvalue weighted by atomic mass is 16.2. The predicted octanol–water partition coefficient (Wildman–Crippen LogP) is 1.63. The van der Waals surface area contributed by atoms with Crippen molar-refractivity contribution >= 4 is 33.5 Å². The number of carbonyl (C=O) groups excluding carboxylic acids is 1. The number of nitrogens with one attached hydrogen (secondary N) is 1. The van der Waals surface area contributed by atoms with Gasteiger partial charge < -0.3 is 9.47 Å². The third-order valence-corrected chi connectivity index (χ3v) is 4.86. The van der Waals surface area contributed by atoms with E-state index in [1.165, 1.54) is 17.9 Å². The summed E-state index contributed by atoms with van der Waals surface area (Å²) in [7, 11) is 1.38. The van der Waals surface area contributed by atoms with Crippen LogP contribution >= 0.6 is 0 Å². The molecule has 0 aliphatic heterocycles. The van der Waals surface area contributed by atoms with Crippen molar-refractivity contribution < 1.29 is 4.79 Å². The van der Waals surface area contributed by atoms with Crippen LogP contribution in [0.15, 0.2) is 58.4 Å². The van der Waals surface area contributed by atoms with Crippen LogP contribution in [-0.4, -0.2) is 31.6 Å². The van der Waals surface area contributed by atoms with Gasteiger partial charge in [-0.2, -0.15) is 0 Å². The zero-order chi connectivity index (χ0) is 19.8. The van der Waals surface area contributed by atoms with Crippen molar-refractivity contribution in [1.82, 2.24) is 19.1 Å². The molecule has 8 heteroatoms. The van der Waals surface area contributed by atoms with E-state index < -0.39 is 11.2 Å². The van der Waals surface area contributed by atoms with Crippen LogP contribution in [-0.2, 0) is 18.4 Å². The van der Waals surface area contributed by atoms with E-state index in [1.54, 1.807) is 4.90 Å². The second-order valence-electron chi connectivity index (χ2n) is 6.50. The first-order valence-electron chi connectivity index (χ1n) is 8.93. The SMILES string of the molecule is CCN(C(=O)Cn1cnc2[nH]c(=O)n(C)c(=O)c21)c1cccc2ccccc12. The van der Waals surface area contributed by atoms with E-state index in [-0.39, 0.29) is 23.6 Å². The molecule has 4 aromatic rings. The summed E-state index contributed by atoms with van der Waals surface area (Å²) in [6.45, 7) is 2.32. The summed E-state index contributed by atoms with van der Waals surface area (Å²) in [5, 5.41) is 2.03. The molecular weight excluding hydrogens is 358 g/mol. The smallest absolute Gasteiger partial charge is 0.315 e. The van der Waals surface area contributed by atoms with Gasteiger partial charge in [-0.3, -0.25) is 19.1 Å². The number of fused-ring (bicyclic) bond motifs is 2. The summed E-state index contributed by atoms with van der Waals surface area (Å²) in [6, 6.07) is 13.7. The molecule has 0 saturated heterocycles. The normalized spacial score (nSPS) is 11.2. The predicted molar refractivity (Wildman–Crippen MR) is 108 cm³/mol. The first-order chi connectivity index (χ1) is 13.5. The summed E-state index contributed by atoms with van der Waals surface area (Å²) < 4.78 is 2.44. The molecule has 0 fully saturated rings. The van der Waals surface area contributed by atoms with E-state index >= 15 is 0 Å². The molecule has 0 aliphatic carbocycles. The largest absolute Gasteiger partial charge is 0.329 e. The first kappa shape index (κ1) is 17.7. The number of rotatable bonds is 4. The van der Waals surface area contributed by atoms with E-state index in [1.807, 2.05) is 49.4 Å². The van der Waals surface area contributed by atoms with E-state index in [4.69, 9.17) is 0 Å². The van der Waals surface area contributed by atoms with Gasteiger partial charge in [0, 0.05) is 19.0 Å². The molecule has 0 saturated carbocycles. The molecule has 0 spiro atoms. The standard InChI is InChI=1S/C20H19N5O3/c1-3-25(15-10-6-8-13-7-4-5-9-14(13)15)16(26)11-24-12-21-18-17(24)19(27)23(2)20(28)22-18/h4-10,12H,3,11H2,1-2H3,(H,22,28). The van der Waals surface area contributed by atoms with Crippen LogP contribution in [0.25, 0.3) is 21.9 Å². The molecule has 8 nitrogen and oxygen atoms in total. The second-order valence-corrected chi connectivity index (χ2v) is 6.50. The lowest BCUT2D eigenvalue weighted by atomic mass is 10.1. The summed E-state index contributed by atoms with van der Waals surface area (Å²) in [4.78, 5) is 45.6. The lowest BCUT2D eigenvalue weighted by molar-refractivity contribution is -0.119. The zero-order valence-electron chi connectivity index (χ0n) is 15.5. The van der Waals surface area contributed by atoms with Crippen molar-refractivity contribution in [1.29, 1.82) is 0 Å². The maximum Gasteiger partial charge on any atom is 0.329 e. The molecule has 1 amide bonds. The van der Waals surface area contributed by atoms with Gasteiger partial charge in [-0.25, -0.2) is 9.78 Å². The molecule has 0 bridgehead atoms. The van der Waals surface area contributed by atoms with Crippen LogP contribution in [0.3, 0.4) is 0 Å². The van der Waals surface area contributed by atoms with Gasteiger partial charge >= 0.3 is 5.69 Å². The molecule has 0 radical (unpaired) electrons. The number of aromatic nitrogens is 4. The molecule has 2 aromatic heterocycles. The molecule has 4 rings (SSSR count). The van der Waals surface area contributed by atoms with Gasteiger partial charge in [-0.15, -0.1) is 0 Å². The minimum atomic E-state index is -0.542. The highest BCUT2D eigenvalue weighted by Gasteiger charge is 2.19. The zero-order valence-corrected chi connectivity index (χ0v) is 15.5. The Morgan fingerprint density at radius 3 is 2.68 bits per heavy atom. The number of anilines is 1. The maximum absolute atomic E-state index is 13.1. The van der Waals surface area contributed by atoms with Crippen molar-refractivity contribution in [2.45, 2.75) is 13.5 Å². The van der Waals surface area contributed by atoms with Crippen molar-refractivity contribution in [2.24, 2.45) is 7.05 Å². The second kappa shape index (κ2) is 6.80. The number of hydrogen-bond donors (Lipinski definition) is 1. The van der Waals surface area contributed by atoms with E-state index in [2.05, 4.69) is 9.97 Å². The molecule has 0 unspecified atom stereocenters. The number of nitrogens with zero attached hydrogens (tertiary/aromatic N) is 4. The van der Waals surface area contributed by atoms with Crippen molar-refractivity contribution in [3.63, 3.8) is 0 Å².